The normalized spacial score (nSPS) is 21.2. The fourth-order valence-electron chi connectivity index (χ4n) is 4.09. The van der Waals surface area contributed by atoms with Gasteiger partial charge < -0.3 is 5.32 Å². The van der Waals surface area contributed by atoms with E-state index in [1.807, 2.05) is 23.7 Å². The van der Waals surface area contributed by atoms with Crippen molar-refractivity contribution in [2.45, 2.75) is 44.8 Å². The molecule has 1 saturated heterocycles. The maximum Gasteiger partial charge on any atom is 0.263 e. The van der Waals surface area contributed by atoms with Crippen LogP contribution in [0.3, 0.4) is 0 Å². The van der Waals surface area contributed by atoms with Crippen LogP contribution < -0.4 is 5.32 Å². The summed E-state index contributed by atoms with van der Waals surface area (Å²) in [7, 11) is 0. The molecule has 2 fully saturated rings. The molecule has 1 spiro atoms. The number of alkyl halides is 2. The summed E-state index contributed by atoms with van der Waals surface area (Å²) in [5.41, 5.74) is 1.64. The average Bonchev–Trinajstić information content (AvgIpc) is 3.05. The highest BCUT2D eigenvalue weighted by atomic mass is 35.5. The monoisotopic (exact) mass is 399 g/mol. The van der Waals surface area contributed by atoms with Crippen molar-refractivity contribution >= 4 is 23.7 Å². The van der Waals surface area contributed by atoms with E-state index in [9.17, 15) is 8.78 Å². The molecule has 3 nitrogen and oxygen atoms in total. The maximum absolute atomic E-state index is 12.8. The predicted octanol–water partition coefficient (Wildman–Crippen LogP) is 4.65. The number of rotatable bonds is 6. The molecule has 1 N–H and O–H groups in total. The number of hydrogen-bond donors (Lipinski definition) is 1. The third-order valence-electron chi connectivity index (χ3n) is 5.63. The van der Waals surface area contributed by atoms with E-state index in [0.29, 0.717) is 11.5 Å². The Morgan fingerprint density at radius 2 is 1.92 bits per heavy atom. The number of hydrogen-bond acceptors (Lipinski definition) is 4. The van der Waals surface area contributed by atoms with E-state index in [-0.39, 0.29) is 18.0 Å². The summed E-state index contributed by atoms with van der Waals surface area (Å²) in [4.78, 5) is 6.95. The van der Waals surface area contributed by atoms with Gasteiger partial charge in [-0.2, -0.15) is 0 Å². The maximum atomic E-state index is 12.8. The Bertz CT molecular complexity index is 687. The van der Waals surface area contributed by atoms with E-state index in [1.54, 1.807) is 23.5 Å². The van der Waals surface area contributed by atoms with Crippen LogP contribution in [0.2, 0.25) is 0 Å². The van der Waals surface area contributed by atoms with Gasteiger partial charge in [-0.3, -0.25) is 4.90 Å². The fourth-order valence-corrected chi connectivity index (χ4v) is 4.73. The van der Waals surface area contributed by atoms with Crippen molar-refractivity contribution in [3.8, 4) is 0 Å². The van der Waals surface area contributed by atoms with Gasteiger partial charge in [0.1, 0.15) is 5.01 Å². The molecule has 1 unspecified atom stereocenters. The van der Waals surface area contributed by atoms with Crippen molar-refractivity contribution in [2.75, 3.05) is 13.1 Å². The molecule has 0 amide bonds. The Hall–Kier alpha value is -1.08. The van der Waals surface area contributed by atoms with E-state index >= 15 is 0 Å². The van der Waals surface area contributed by atoms with E-state index in [2.05, 4.69) is 15.2 Å². The Balaban J connectivity index is 0.00000196. The Morgan fingerprint density at radius 1 is 1.19 bits per heavy atom. The number of nitrogens with one attached hydrogen (secondary N) is 1. The standard InChI is InChI=1S/C19H23F2N3S.ClH/c20-18(21)15-3-1-14(2-4-15)12-24(13-17-23-9-10-25-17)16-11-19(16)5-7-22-8-6-19;/h1-4,9-10,16,18,22H,5-8,11-13H2;1H. The minimum Gasteiger partial charge on any atom is -0.317 e. The van der Waals surface area contributed by atoms with Gasteiger partial charge in [-0.05, 0) is 43.3 Å². The lowest BCUT2D eigenvalue weighted by Gasteiger charge is -2.29. The molecule has 0 bridgehead atoms. The molecule has 1 aromatic carbocycles. The zero-order valence-electron chi connectivity index (χ0n) is 14.5. The molecule has 1 aliphatic heterocycles. The molecule has 142 valence electrons. The lowest BCUT2D eigenvalue weighted by molar-refractivity contribution is 0.151. The first-order chi connectivity index (χ1) is 12.2. The van der Waals surface area contributed by atoms with Crippen LogP contribution in [0.1, 0.15) is 41.8 Å². The second kappa shape index (κ2) is 8.30. The number of nitrogens with zero attached hydrogens (tertiary/aromatic N) is 2. The first-order valence-electron chi connectivity index (χ1n) is 8.86. The topological polar surface area (TPSA) is 28.2 Å². The summed E-state index contributed by atoms with van der Waals surface area (Å²) in [5, 5.41) is 6.59. The summed E-state index contributed by atoms with van der Waals surface area (Å²) in [6.07, 6.45) is 3.16. The van der Waals surface area contributed by atoms with Gasteiger partial charge in [0, 0.05) is 29.7 Å². The van der Waals surface area contributed by atoms with Crippen molar-refractivity contribution in [3.05, 3.63) is 52.0 Å². The molecule has 1 atom stereocenters. The van der Waals surface area contributed by atoms with Crippen molar-refractivity contribution in [1.29, 1.82) is 0 Å². The lowest BCUT2D eigenvalue weighted by Crippen LogP contribution is -2.35. The second-order valence-corrected chi connectivity index (χ2v) is 8.18. The van der Waals surface area contributed by atoms with Crippen molar-refractivity contribution in [1.82, 2.24) is 15.2 Å². The summed E-state index contributed by atoms with van der Waals surface area (Å²) in [6.45, 7) is 3.84. The Morgan fingerprint density at radius 3 is 2.54 bits per heavy atom. The van der Waals surface area contributed by atoms with Gasteiger partial charge in [0.25, 0.3) is 6.43 Å². The SMILES string of the molecule is Cl.FC(F)c1ccc(CN(Cc2nccs2)C2CC23CCNCC3)cc1. The summed E-state index contributed by atoms with van der Waals surface area (Å²) >= 11 is 1.68. The molecule has 2 heterocycles. The van der Waals surface area contributed by atoms with Crippen LogP contribution in [-0.2, 0) is 13.1 Å². The number of halogens is 3. The molecule has 4 rings (SSSR count). The molecule has 26 heavy (non-hydrogen) atoms. The zero-order chi connectivity index (χ0) is 17.3. The average molecular weight is 400 g/mol. The number of aromatic nitrogens is 1. The third kappa shape index (κ3) is 4.25. The molecule has 7 heteroatoms. The van der Waals surface area contributed by atoms with Gasteiger partial charge in [0.15, 0.2) is 0 Å². The molecule has 1 saturated carbocycles. The van der Waals surface area contributed by atoms with Crippen LogP contribution in [0.5, 0.6) is 0 Å². The van der Waals surface area contributed by atoms with E-state index in [0.717, 1.165) is 36.8 Å². The summed E-state index contributed by atoms with van der Waals surface area (Å²) in [5.74, 6) is 0. The zero-order valence-corrected chi connectivity index (χ0v) is 16.2. The number of piperidine rings is 1. The highest BCUT2D eigenvalue weighted by Crippen LogP contribution is 2.56. The van der Waals surface area contributed by atoms with Gasteiger partial charge in [-0.1, -0.05) is 24.3 Å². The van der Waals surface area contributed by atoms with E-state index in [1.165, 1.54) is 19.3 Å². The van der Waals surface area contributed by atoms with Crippen LogP contribution in [0.25, 0.3) is 0 Å². The van der Waals surface area contributed by atoms with E-state index in [4.69, 9.17) is 0 Å². The van der Waals surface area contributed by atoms with Gasteiger partial charge >= 0.3 is 0 Å². The van der Waals surface area contributed by atoms with Gasteiger partial charge in [0.2, 0.25) is 0 Å². The quantitative estimate of drug-likeness (QED) is 0.766. The number of benzene rings is 1. The van der Waals surface area contributed by atoms with Crippen LogP contribution in [0, 0.1) is 5.41 Å². The Labute approximate surface area is 163 Å². The molecule has 2 aliphatic rings. The number of thiazole rings is 1. The fraction of sp³-hybridized carbons (Fsp3) is 0.526. The van der Waals surface area contributed by atoms with E-state index < -0.39 is 6.43 Å². The third-order valence-corrected chi connectivity index (χ3v) is 6.39. The second-order valence-electron chi connectivity index (χ2n) is 7.21. The van der Waals surface area contributed by atoms with Crippen molar-refractivity contribution in [3.63, 3.8) is 0 Å². The Kier molecular flexibility index (Phi) is 6.28. The van der Waals surface area contributed by atoms with Gasteiger partial charge in [0.05, 0.1) is 6.54 Å². The summed E-state index contributed by atoms with van der Waals surface area (Å²) < 4.78 is 25.5. The predicted molar refractivity (Wildman–Crippen MR) is 103 cm³/mol. The van der Waals surface area contributed by atoms with Crippen LogP contribution in [0.4, 0.5) is 8.78 Å². The minimum absolute atomic E-state index is 0. The first kappa shape index (κ1) is 19.7. The summed E-state index contributed by atoms with van der Waals surface area (Å²) in [6, 6.07) is 7.36. The van der Waals surface area contributed by atoms with Crippen LogP contribution >= 0.6 is 23.7 Å². The molecule has 1 aromatic heterocycles. The largest absolute Gasteiger partial charge is 0.317 e. The molecule has 2 aromatic rings. The smallest absolute Gasteiger partial charge is 0.263 e. The van der Waals surface area contributed by atoms with Crippen molar-refractivity contribution in [2.24, 2.45) is 5.41 Å². The van der Waals surface area contributed by atoms with Crippen molar-refractivity contribution < 1.29 is 8.78 Å². The molecular formula is C19H24ClF2N3S. The molecule has 0 radical (unpaired) electrons. The van der Waals surface area contributed by atoms with Crippen LogP contribution in [0.15, 0.2) is 35.8 Å². The first-order valence-corrected chi connectivity index (χ1v) is 9.74. The van der Waals surface area contributed by atoms with Crippen LogP contribution in [-0.4, -0.2) is 29.0 Å². The molecule has 1 aliphatic carbocycles. The van der Waals surface area contributed by atoms with Gasteiger partial charge in [-0.15, -0.1) is 23.7 Å². The minimum atomic E-state index is -2.40. The lowest BCUT2D eigenvalue weighted by atomic mass is 9.93. The highest BCUT2D eigenvalue weighted by Gasteiger charge is 2.56. The highest BCUT2D eigenvalue weighted by molar-refractivity contribution is 7.09. The van der Waals surface area contributed by atoms with Gasteiger partial charge in [-0.25, -0.2) is 13.8 Å². The molecular weight excluding hydrogens is 376 g/mol.